The van der Waals surface area contributed by atoms with Gasteiger partial charge in [0.1, 0.15) is 6.04 Å². The minimum atomic E-state index is -0.628. The van der Waals surface area contributed by atoms with Crippen LogP contribution in [0.4, 0.5) is 0 Å². The molecule has 2 aliphatic heterocycles. The summed E-state index contributed by atoms with van der Waals surface area (Å²) in [5, 5.41) is 0. The van der Waals surface area contributed by atoms with Crippen LogP contribution in [0.2, 0.25) is 0 Å². The first kappa shape index (κ1) is 18.8. The number of piperazine rings is 1. The van der Waals surface area contributed by atoms with Crippen LogP contribution >= 0.6 is 0 Å². The number of carbonyl (C=O) groups excluding carboxylic acids is 2. The summed E-state index contributed by atoms with van der Waals surface area (Å²) in [6, 6.07) is 7.14. The van der Waals surface area contributed by atoms with E-state index in [9.17, 15) is 9.59 Å². The van der Waals surface area contributed by atoms with Crippen LogP contribution in [0.15, 0.2) is 24.3 Å². The molecule has 1 aromatic rings. The van der Waals surface area contributed by atoms with Crippen molar-refractivity contribution in [2.75, 3.05) is 59.0 Å². The standard InChI is InChI=1S/C19H28N4O3/c1-15-2-4-16(5-3-15)18(20)19(25)23-8-6-21(7-9-23)14-17(24)22-10-12-26-13-11-22/h2-5,18H,6-14,20H2,1H3. The molecule has 2 fully saturated rings. The zero-order chi connectivity index (χ0) is 18.5. The second-order valence-electron chi connectivity index (χ2n) is 6.98. The molecule has 0 bridgehead atoms. The Morgan fingerprint density at radius 1 is 1.00 bits per heavy atom. The van der Waals surface area contributed by atoms with Crippen LogP contribution in [-0.2, 0) is 14.3 Å². The summed E-state index contributed by atoms with van der Waals surface area (Å²) in [6.45, 7) is 7.59. The number of ether oxygens (including phenoxy) is 1. The molecule has 1 unspecified atom stereocenters. The normalized spacial score (nSPS) is 20.1. The van der Waals surface area contributed by atoms with Crippen molar-refractivity contribution in [1.29, 1.82) is 0 Å². The lowest BCUT2D eigenvalue weighted by Crippen LogP contribution is -2.53. The van der Waals surface area contributed by atoms with Crippen LogP contribution < -0.4 is 5.73 Å². The van der Waals surface area contributed by atoms with E-state index in [-0.39, 0.29) is 11.8 Å². The van der Waals surface area contributed by atoms with E-state index in [1.807, 2.05) is 36.1 Å². The molecule has 0 saturated carbocycles. The molecule has 2 N–H and O–H groups in total. The zero-order valence-electron chi connectivity index (χ0n) is 15.4. The topological polar surface area (TPSA) is 79.1 Å². The first-order chi connectivity index (χ1) is 12.5. The molecule has 2 heterocycles. The third-order valence-electron chi connectivity index (χ3n) is 5.11. The molecule has 2 amide bonds. The Morgan fingerprint density at radius 3 is 2.23 bits per heavy atom. The van der Waals surface area contributed by atoms with E-state index in [0.29, 0.717) is 59.0 Å². The van der Waals surface area contributed by atoms with Gasteiger partial charge in [0.05, 0.1) is 19.8 Å². The minimum absolute atomic E-state index is 0.0481. The van der Waals surface area contributed by atoms with Crippen LogP contribution in [-0.4, -0.2) is 85.5 Å². The van der Waals surface area contributed by atoms with Crippen LogP contribution in [0.3, 0.4) is 0 Å². The number of nitrogens with two attached hydrogens (primary N) is 1. The maximum atomic E-state index is 12.7. The maximum Gasteiger partial charge on any atom is 0.244 e. The summed E-state index contributed by atoms with van der Waals surface area (Å²) in [6.07, 6.45) is 0. The zero-order valence-corrected chi connectivity index (χ0v) is 15.4. The Bertz CT molecular complexity index is 620. The van der Waals surface area contributed by atoms with E-state index in [4.69, 9.17) is 10.5 Å². The molecule has 2 saturated heterocycles. The fourth-order valence-corrected chi connectivity index (χ4v) is 3.34. The van der Waals surface area contributed by atoms with Gasteiger partial charge in [-0.25, -0.2) is 0 Å². The predicted molar refractivity (Wildman–Crippen MR) is 98.5 cm³/mol. The van der Waals surface area contributed by atoms with Crippen molar-refractivity contribution < 1.29 is 14.3 Å². The number of aryl methyl sites for hydroxylation is 1. The summed E-state index contributed by atoms with van der Waals surface area (Å²) < 4.78 is 5.28. The average Bonchev–Trinajstić information content (AvgIpc) is 2.69. The SMILES string of the molecule is Cc1ccc(C(N)C(=O)N2CCN(CC(=O)N3CCOCC3)CC2)cc1. The molecule has 3 rings (SSSR count). The number of hydrogen-bond acceptors (Lipinski definition) is 5. The lowest BCUT2D eigenvalue weighted by atomic mass is 10.0. The summed E-state index contributed by atoms with van der Waals surface area (Å²) in [4.78, 5) is 30.8. The van der Waals surface area contributed by atoms with Gasteiger partial charge in [-0.15, -0.1) is 0 Å². The summed E-state index contributed by atoms with van der Waals surface area (Å²) in [5.41, 5.74) is 8.14. The molecule has 0 aliphatic carbocycles. The minimum Gasteiger partial charge on any atom is -0.378 e. The van der Waals surface area contributed by atoms with Gasteiger partial charge >= 0.3 is 0 Å². The number of nitrogens with zero attached hydrogens (tertiary/aromatic N) is 3. The first-order valence-electron chi connectivity index (χ1n) is 9.23. The van der Waals surface area contributed by atoms with Crippen LogP contribution in [0.1, 0.15) is 17.2 Å². The van der Waals surface area contributed by atoms with Crippen molar-refractivity contribution in [1.82, 2.24) is 14.7 Å². The molecule has 142 valence electrons. The first-order valence-corrected chi connectivity index (χ1v) is 9.23. The highest BCUT2D eigenvalue weighted by atomic mass is 16.5. The lowest BCUT2D eigenvalue weighted by Gasteiger charge is -2.37. The van der Waals surface area contributed by atoms with Gasteiger partial charge in [-0.3, -0.25) is 14.5 Å². The summed E-state index contributed by atoms with van der Waals surface area (Å²) in [5.74, 6) is 0.0949. The van der Waals surface area contributed by atoms with Crippen molar-refractivity contribution in [2.24, 2.45) is 5.73 Å². The van der Waals surface area contributed by atoms with Crippen molar-refractivity contribution in [3.63, 3.8) is 0 Å². The quantitative estimate of drug-likeness (QED) is 0.818. The number of benzene rings is 1. The van der Waals surface area contributed by atoms with Gasteiger partial charge in [0.25, 0.3) is 0 Å². The highest BCUT2D eigenvalue weighted by Gasteiger charge is 2.28. The van der Waals surface area contributed by atoms with Crippen LogP contribution in [0, 0.1) is 6.92 Å². The fourth-order valence-electron chi connectivity index (χ4n) is 3.34. The molecule has 0 radical (unpaired) electrons. The molecule has 26 heavy (non-hydrogen) atoms. The van der Waals surface area contributed by atoms with Gasteiger partial charge in [-0.05, 0) is 12.5 Å². The Kier molecular flexibility index (Phi) is 6.24. The second kappa shape index (κ2) is 8.62. The monoisotopic (exact) mass is 360 g/mol. The molecular formula is C19H28N4O3. The smallest absolute Gasteiger partial charge is 0.244 e. The third kappa shape index (κ3) is 4.60. The second-order valence-corrected chi connectivity index (χ2v) is 6.98. The van der Waals surface area contributed by atoms with Gasteiger partial charge in [0, 0.05) is 39.3 Å². The summed E-state index contributed by atoms with van der Waals surface area (Å²) >= 11 is 0. The Hall–Kier alpha value is -1.96. The van der Waals surface area contributed by atoms with Gasteiger partial charge in [0.2, 0.25) is 11.8 Å². The molecule has 7 heteroatoms. The maximum absolute atomic E-state index is 12.7. The van der Waals surface area contributed by atoms with Crippen molar-refractivity contribution >= 4 is 11.8 Å². The molecule has 0 aromatic heterocycles. The Balaban J connectivity index is 1.47. The molecule has 1 atom stereocenters. The summed E-state index contributed by atoms with van der Waals surface area (Å²) in [7, 11) is 0. The number of amides is 2. The number of morpholine rings is 1. The molecule has 7 nitrogen and oxygen atoms in total. The van der Waals surface area contributed by atoms with E-state index in [0.717, 1.165) is 11.1 Å². The number of rotatable bonds is 4. The van der Waals surface area contributed by atoms with Gasteiger partial charge in [-0.1, -0.05) is 29.8 Å². The van der Waals surface area contributed by atoms with Crippen LogP contribution in [0.5, 0.6) is 0 Å². The van der Waals surface area contributed by atoms with Gasteiger partial charge in [0.15, 0.2) is 0 Å². The van der Waals surface area contributed by atoms with E-state index in [2.05, 4.69) is 4.90 Å². The highest BCUT2D eigenvalue weighted by molar-refractivity contribution is 5.83. The van der Waals surface area contributed by atoms with Gasteiger partial charge < -0.3 is 20.3 Å². The Labute approximate surface area is 154 Å². The molecule has 1 aromatic carbocycles. The number of carbonyl (C=O) groups is 2. The van der Waals surface area contributed by atoms with Gasteiger partial charge in [-0.2, -0.15) is 0 Å². The lowest BCUT2D eigenvalue weighted by molar-refractivity contribution is -0.138. The predicted octanol–water partition coefficient (Wildman–Crippen LogP) is -0.00218. The van der Waals surface area contributed by atoms with E-state index in [1.54, 1.807) is 4.90 Å². The number of hydrogen-bond donors (Lipinski definition) is 1. The van der Waals surface area contributed by atoms with E-state index in [1.165, 1.54) is 0 Å². The van der Waals surface area contributed by atoms with Crippen LogP contribution in [0.25, 0.3) is 0 Å². The Morgan fingerprint density at radius 2 is 1.62 bits per heavy atom. The highest BCUT2D eigenvalue weighted by Crippen LogP contribution is 2.16. The van der Waals surface area contributed by atoms with E-state index >= 15 is 0 Å². The molecule has 2 aliphatic rings. The third-order valence-corrected chi connectivity index (χ3v) is 5.11. The molecule has 0 spiro atoms. The van der Waals surface area contributed by atoms with Crippen molar-refractivity contribution in [3.8, 4) is 0 Å². The van der Waals surface area contributed by atoms with Crippen molar-refractivity contribution in [2.45, 2.75) is 13.0 Å². The van der Waals surface area contributed by atoms with Crippen molar-refractivity contribution in [3.05, 3.63) is 35.4 Å². The molecular weight excluding hydrogens is 332 g/mol. The van der Waals surface area contributed by atoms with E-state index < -0.39 is 6.04 Å². The average molecular weight is 360 g/mol. The fraction of sp³-hybridized carbons (Fsp3) is 0.579. The largest absolute Gasteiger partial charge is 0.378 e.